The summed E-state index contributed by atoms with van der Waals surface area (Å²) in [6, 6.07) is 19.8. The van der Waals surface area contributed by atoms with Crippen molar-refractivity contribution in [2.45, 2.75) is 33.1 Å². The number of hydrogen-bond donors (Lipinski definition) is 0. The van der Waals surface area contributed by atoms with Crippen LogP contribution in [0.15, 0.2) is 63.0 Å². The minimum absolute atomic E-state index is 0.0440. The van der Waals surface area contributed by atoms with Crippen LogP contribution in [-0.2, 0) is 0 Å². The van der Waals surface area contributed by atoms with Crippen molar-refractivity contribution in [1.82, 2.24) is 0 Å². The van der Waals surface area contributed by atoms with Crippen molar-refractivity contribution in [3.05, 3.63) is 65.7 Å². The molecule has 1 atom stereocenters. The van der Waals surface area contributed by atoms with E-state index >= 15 is 0 Å². The van der Waals surface area contributed by atoms with Crippen LogP contribution in [0.4, 0.5) is 5.69 Å². The Labute approximate surface area is 183 Å². The highest BCUT2D eigenvalue weighted by molar-refractivity contribution is 7.15. The predicted octanol–water partition coefficient (Wildman–Crippen LogP) is 8.25. The van der Waals surface area contributed by atoms with Crippen LogP contribution in [0, 0.1) is 13.8 Å². The molecule has 5 aromatic rings. The standard InChI is InChI=1S/C27H26NO2P/c1-17-14-22-21(23(15-17)28-12-6-3-7-13-28)16-18(2)27-26(22)25-20-9-5-4-8-19(20)10-11-24(25)29-31-30-27/h4-5,8-11,14-16,31H,3,6-7,12-13H2,1-2H3. The molecule has 0 N–H and O–H groups in total. The third-order valence-electron chi connectivity index (χ3n) is 6.65. The molecule has 156 valence electrons. The Hall–Kier alpha value is -2.90. The lowest BCUT2D eigenvalue weighted by Gasteiger charge is -2.30. The summed E-state index contributed by atoms with van der Waals surface area (Å²) in [5.41, 5.74) is 5.67. The van der Waals surface area contributed by atoms with Gasteiger partial charge in [0.2, 0.25) is 8.67 Å². The monoisotopic (exact) mass is 427 g/mol. The van der Waals surface area contributed by atoms with Crippen molar-refractivity contribution in [2.75, 3.05) is 18.0 Å². The minimum atomic E-state index is -0.0440. The van der Waals surface area contributed by atoms with Gasteiger partial charge in [-0.05, 0) is 78.6 Å². The van der Waals surface area contributed by atoms with Crippen LogP contribution in [0.25, 0.3) is 43.5 Å². The number of aryl methyl sites for hydroxylation is 2. The summed E-state index contributed by atoms with van der Waals surface area (Å²) in [5.74, 6) is 0. The van der Waals surface area contributed by atoms with Crippen LogP contribution >= 0.6 is 8.67 Å². The van der Waals surface area contributed by atoms with Crippen LogP contribution in [0.1, 0.15) is 30.4 Å². The van der Waals surface area contributed by atoms with E-state index in [1.807, 2.05) is 0 Å². The molecule has 1 aliphatic heterocycles. The molecule has 6 rings (SSSR count). The van der Waals surface area contributed by atoms with E-state index in [2.05, 4.69) is 73.3 Å². The lowest BCUT2D eigenvalue weighted by atomic mass is 9.94. The molecule has 0 spiro atoms. The third kappa shape index (κ3) is 3.03. The summed E-state index contributed by atoms with van der Waals surface area (Å²) in [5, 5.41) is 7.34. The van der Waals surface area contributed by atoms with Crippen LogP contribution < -0.4 is 4.90 Å². The van der Waals surface area contributed by atoms with E-state index in [1.54, 1.807) is 0 Å². The summed E-state index contributed by atoms with van der Waals surface area (Å²) < 4.78 is 12.4. The molecule has 0 aliphatic carbocycles. The van der Waals surface area contributed by atoms with E-state index in [1.165, 1.54) is 63.0 Å². The average Bonchev–Trinajstić information content (AvgIpc) is 3.00. The molecule has 0 saturated carbocycles. The van der Waals surface area contributed by atoms with Gasteiger partial charge in [-0.1, -0.05) is 36.4 Å². The highest BCUT2D eigenvalue weighted by atomic mass is 31.1. The normalized spacial score (nSPS) is 15.0. The van der Waals surface area contributed by atoms with Crippen LogP contribution in [0.2, 0.25) is 0 Å². The zero-order valence-corrected chi connectivity index (χ0v) is 19.0. The van der Waals surface area contributed by atoms with Gasteiger partial charge in [-0.15, -0.1) is 0 Å². The average molecular weight is 427 g/mol. The Morgan fingerprint density at radius 2 is 1.61 bits per heavy atom. The molecule has 3 nitrogen and oxygen atoms in total. The molecule has 0 amide bonds. The van der Waals surface area contributed by atoms with E-state index in [4.69, 9.17) is 8.39 Å². The topological polar surface area (TPSA) is 29.5 Å². The molecule has 0 radical (unpaired) electrons. The highest BCUT2D eigenvalue weighted by Gasteiger charge is 2.18. The van der Waals surface area contributed by atoms with E-state index in [-0.39, 0.29) is 8.67 Å². The Morgan fingerprint density at radius 1 is 0.774 bits per heavy atom. The number of piperidine rings is 1. The van der Waals surface area contributed by atoms with Crippen molar-refractivity contribution in [1.29, 1.82) is 0 Å². The molecule has 1 aliphatic rings. The molecular formula is C27H26NO2P. The molecule has 0 bridgehead atoms. The van der Waals surface area contributed by atoms with Gasteiger partial charge in [-0.25, -0.2) is 0 Å². The molecule has 2 heterocycles. The molecule has 31 heavy (non-hydrogen) atoms. The lowest BCUT2D eigenvalue weighted by molar-refractivity contribution is 0.579. The Bertz CT molecular complexity index is 1500. The molecular weight excluding hydrogens is 401 g/mol. The zero-order chi connectivity index (χ0) is 20.9. The van der Waals surface area contributed by atoms with E-state index < -0.39 is 0 Å². The van der Waals surface area contributed by atoms with Gasteiger partial charge in [0, 0.05) is 34.9 Å². The first kappa shape index (κ1) is 18.8. The maximum atomic E-state index is 6.24. The van der Waals surface area contributed by atoms with Crippen molar-refractivity contribution in [3.63, 3.8) is 0 Å². The second-order valence-electron chi connectivity index (χ2n) is 8.77. The predicted molar refractivity (Wildman–Crippen MR) is 134 cm³/mol. The van der Waals surface area contributed by atoms with Crippen LogP contribution in [0.3, 0.4) is 0 Å². The fourth-order valence-electron chi connectivity index (χ4n) is 5.22. The number of rotatable bonds is 1. The Balaban J connectivity index is 1.86. The quantitative estimate of drug-likeness (QED) is 0.270. The summed E-state index contributed by atoms with van der Waals surface area (Å²) >= 11 is 0. The Morgan fingerprint density at radius 3 is 2.48 bits per heavy atom. The molecule has 4 aromatic carbocycles. The number of hydrogen-bond acceptors (Lipinski definition) is 3. The molecule has 4 heteroatoms. The van der Waals surface area contributed by atoms with Gasteiger partial charge in [0.1, 0.15) is 11.2 Å². The number of nitrogens with zero attached hydrogens (tertiary/aromatic N) is 1. The molecule has 1 unspecified atom stereocenters. The summed E-state index contributed by atoms with van der Waals surface area (Å²) in [4.78, 5) is 2.57. The lowest BCUT2D eigenvalue weighted by Crippen LogP contribution is -2.29. The first-order valence-electron chi connectivity index (χ1n) is 11.1. The zero-order valence-electron chi connectivity index (χ0n) is 18.0. The number of fused-ring (bicyclic) bond motifs is 7. The smallest absolute Gasteiger partial charge is 0.201 e. The first-order chi connectivity index (χ1) is 15.2. The molecule has 1 aromatic heterocycles. The maximum absolute atomic E-state index is 6.24. The Kier molecular flexibility index (Phi) is 4.47. The van der Waals surface area contributed by atoms with E-state index in [0.717, 1.165) is 29.6 Å². The summed E-state index contributed by atoms with van der Waals surface area (Å²) in [7, 11) is -0.0440. The minimum Gasteiger partial charge on any atom is -0.421 e. The largest absolute Gasteiger partial charge is 0.421 e. The fourth-order valence-corrected chi connectivity index (χ4v) is 5.86. The van der Waals surface area contributed by atoms with Crippen molar-refractivity contribution >= 4 is 57.8 Å². The number of benzene rings is 4. The molecule has 1 saturated heterocycles. The van der Waals surface area contributed by atoms with Gasteiger partial charge in [0.05, 0.1) is 0 Å². The summed E-state index contributed by atoms with van der Waals surface area (Å²) in [6.07, 6.45) is 3.87. The second kappa shape index (κ2) is 7.35. The fraction of sp³-hybridized carbons (Fsp3) is 0.259. The van der Waals surface area contributed by atoms with Gasteiger partial charge < -0.3 is 13.3 Å². The molecule has 1 fully saturated rings. The van der Waals surface area contributed by atoms with Gasteiger partial charge in [0.25, 0.3) is 0 Å². The summed E-state index contributed by atoms with van der Waals surface area (Å²) in [6.45, 7) is 6.64. The van der Waals surface area contributed by atoms with Crippen LogP contribution in [0.5, 0.6) is 0 Å². The van der Waals surface area contributed by atoms with Gasteiger partial charge in [0.15, 0.2) is 0 Å². The third-order valence-corrected chi connectivity index (χ3v) is 7.24. The first-order valence-corrected chi connectivity index (χ1v) is 12.0. The van der Waals surface area contributed by atoms with Gasteiger partial charge >= 0.3 is 0 Å². The van der Waals surface area contributed by atoms with Gasteiger partial charge in [-0.3, -0.25) is 0 Å². The van der Waals surface area contributed by atoms with Crippen molar-refractivity contribution < 1.29 is 8.39 Å². The van der Waals surface area contributed by atoms with E-state index in [9.17, 15) is 0 Å². The van der Waals surface area contributed by atoms with Gasteiger partial charge in [-0.2, -0.15) is 0 Å². The number of anilines is 1. The van der Waals surface area contributed by atoms with E-state index in [0.29, 0.717) is 0 Å². The van der Waals surface area contributed by atoms with Crippen LogP contribution in [-0.4, -0.2) is 13.1 Å². The highest BCUT2D eigenvalue weighted by Crippen LogP contribution is 2.41. The maximum Gasteiger partial charge on any atom is 0.201 e. The van der Waals surface area contributed by atoms with Crippen molar-refractivity contribution in [3.8, 4) is 0 Å². The second-order valence-corrected chi connectivity index (χ2v) is 9.35. The van der Waals surface area contributed by atoms with Crippen molar-refractivity contribution in [2.24, 2.45) is 0 Å². The SMILES string of the molecule is Cc1cc(N2CCCCC2)c2cc(C)c3o[pH]oc4ccc5ccccc5c4c3c2c1.